The molecule has 0 aliphatic rings. The summed E-state index contributed by atoms with van der Waals surface area (Å²) in [6, 6.07) is 0. The summed E-state index contributed by atoms with van der Waals surface area (Å²) in [5, 5.41) is 0. The molecule has 0 saturated heterocycles. The molecule has 0 aromatic heterocycles. The van der Waals surface area contributed by atoms with Crippen LogP contribution in [0.3, 0.4) is 0 Å². The maximum absolute atomic E-state index is 12.8. The highest BCUT2D eigenvalue weighted by atomic mass is 16.6. The van der Waals surface area contributed by atoms with Gasteiger partial charge in [-0.15, -0.1) is 0 Å². The average molecular weight is 998 g/mol. The largest absolute Gasteiger partial charge is 0.462 e. The Hall–Kier alpha value is -4.19. The first kappa shape index (κ1) is 67.8. The standard InChI is InChI=1S/C66H108O6/c1-4-7-10-13-16-19-22-23-24-25-26-27-28-29-30-31-32-33-34-35-36-37-38-39-40-41-42-43-45-47-50-53-56-59-65(68)71-62-63(61-70-64(67)58-55-52-49-46-21-18-15-12-9-6-3)72-66(69)60-57-54-51-48-44-20-17-14-11-8-5-2/h7,10,12,15-16,19,23-24,26-27,29-30,32-33,35-36,38-39,41-42,63H,4-6,8-9,11,13-14,17-18,20-22,25,28,31,34,37,40,43-62H2,1-3H3/b10-7-,15-12-,19-16-,24-23-,27-26-,30-29-,33-32-,36-35-,39-38-,42-41-. The van der Waals surface area contributed by atoms with Gasteiger partial charge in [-0.1, -0.05) is 251 Å². The molecular weight excluding hydrogens is 889 g/mol. The molecule has 0 aromatic rings. The minimum atomic E-state index is -0.788. The quantitative estimate of drug-likeness (QED) is 0.0261. The van der Waals surface area contributed by atoms with Crippen LogP contribution in [0.15, 0.2) is 122 Å². The summed E-state index contributed by atoms with van der Waals surface area (Å²) >= 11 is 0. The molecule has 0 saturated carbocycles. The molecule has 1 unspecified atom stereocenters. The first-order valence-electron chi connectivity index (χ1n) is 29.5. The number of rotatable bonds is 52. The van der Waals surface area contributed by atoms with Crippen LogP contribution in [0.1, 0.15) is 258 Å². The molecule has 0 aliphatic carbocycles. The van der Waals surface area contributed by atoms with E-state index in [0.29, 0.717) is 19.3 Å². The van der Waals surface area contributed by atoms with Gasteiger partial charge in [-0.3, -0.25) is 14.4 Å². The van der Waals surface area contributed by atoms with Gasteiger partial charge < -0.3 is 14.2 Å². The smallest absolute Gasteiger partial charge is 0.306 e. The van der Waals surface area contributed by atoms with Gasteiger partial charge in [0, 0.05) is 19.3 Å². The molecule has 0 rings (SSSR count). The lowest BCUT2D eigenvalue weighted by atomic mass is 10.1. The summed E-state index contributed by atoms with van der Waals surface area (Å²) in [7, 11) is 0. The third kappa shape index (κ3) is 56.7. The number of allylic oxidation sites excluding steroid dienone is 20. The van der Waals surface area contributed by atoms with Gasteiger partial charge in [0.1, 0.15) is 13.2 Å². The summed E-state index contributed by atoms with van der Waals surface area (Å²) in [6.45, 7) is 6.42. The molecule has 72 heavy (non-hydrogen) atoms. The van der Waals surface area contributed by atoms with E-state index in [2.05, 4.69) is 142 Å². The van der Waals surface area contributed by atoms with E-state index < -0.39 is 6.10 Å². The fourth-order valence-corrected chi connectivity index (χ4v) is 7.79. The molecule has 0 N–H and O–H groups in total. The fraction of sp³-hybridized carbons (Fsp3) is 0.652. The number of esters is 3. The molecule has 0 aromatic carbocycles. The van der Waals surface area contributed by atoms with Crippen molar-refractivity contribution in [2.75, 3.05) is 13.2 Å². The second-order valence-corrected chi connectivity index (χ2v) is 19.2. The van der Waals surface area contributed by atoms with Crippen LogP contribution in [0.25, 0.3) is 0 Å². The Morgan fingerprint density at radius 2 is 0.569 bits per heavy atom. The minimum Gasteiger partial charge on any atom is -0.462 e. The molecule has 0 bridgehead atoms. The summed E-state index contributed by atoms with van der Waals surface area (Å²) < 4.78 is 16.8. The van der Waals surface area contributed by atoms with E-state index in [1.165, 1.54) is 64.2 Å². The van der Waals surface area contributed by atoms with Crippen LogP contribution >= 0.6 is 0 Å². The van der Waals surface area contributed by atoms with Gasteiger partial charge in [-0.2, -0.15) is 0 Å². The molecule has 6 nitrogen and oxygen atoms in total. The Morgan fingerprint density at radius 1 is 0.292 bits per heavy atom. The van der Waals surface area contributed by atoms with E-state index in [9.17, 15) is 14.4 Å². The zero-order valence-electron chi connectivity index (χ0n) is 46.7. The maximum atomic E-state index is 12.8. The third-order valence-corrected chi connectivity index (χ3v) is 12.2. The summed E-state index contributed by atoms with van der Waals surface area (Å²) in [4.78, 5) is 38.0. The monoisotopic (exact) mass is 997 g/mol. The zero-order chi connectivity index (χ0) is 52.2. The van der Waals surface area contributed by atoms with Gasteiger partial charge >= 0.3 is 17.9 Å². The number of carbonyl (C=O) groups excluding carboxylic acids is 3. The van der Waals surface area contributed by atoms with Crippen LogP contribution in [-0.2, 0) is 28.6 Å². The number of carbonyl (C=O) groups is 3. The molecule has 0 fully saturated rings. The minimum absolute atomic E-state index is 0.0887. The van der Waals surface area contributed by atoms with Gasteiger partial charge in [0.2, 0.25) is 0 Å². The average Bonchev–Trinajstić information content (AvgIpc) is 3.38. The Kier molecular flexibility index (Phi) is 55.9. The third-order valence-electron chi connectivity index (χ3n) is 12.2. The molecule has 0 spiro atoms. The van der Waals surface area contributed by atoms with Crippen molar-refractivity contribution < 1.29 is 28.6 Å². The lowest BCUT2D eigenvalue weighted by Gasteiger charge is -2.18. The van der Waals surface area contributed by atoms with Crippen molar-refractivity contribution in [3.8, 4) is 0 Å². The highest BCUT2D eigenvalue weighted by Gasteiger charge is 2.19. The van der Waals surface area contributed by atoms with Crippen LogP contribution in [0.2, 0.25) is 0 Å². The topological polar surface area (TPSA) is 78.9 Å². The summed E-state index contributed by atoms with van der Waals surface area (Å²) in [6.07, 6.45) is 82.1. The molecule has 6 heteroatoms. The van der Waals surface area contributed by atoms with E-state index in [-0.39, 0.29) is 31.1 Å². The number of hydrogen-bond acceptors (Lipinski definition) is 6. The summed E-state index contributed by atoms with van der Waals surface area (Å²) in [5.74, 6) is -0.921. The highest BCUT2D eigenvalue weighted by molar-refractivity contribution is 5.71. The molecule has 0 amide bonds. The number of unbranched alkanes of at least 4 members (excludes halogenated alkanes) is 21. The van der Waals surface area contributed by atoms with Gasteiger partial charge in [0.05, 0.1) is 0 Å². The first-order valence-corrected chi connectivity index (χ1v) is 29.5. The van der Waals surface area contributed by atoms with E-state index in [1.54, 1.807) is 0 Å². The Morgan fingerprint density at radius 3 is 0.917 bits per heavy atom. The molecule has 408 valence electrons. The van der Waals surface area contributed by atoms with Crippen molar-refractivity contribution in [3.05, 3.63) is 122 Å². The van der Waals surface area contributed by atoms with E-state index in [0.717, 1.165) is 154 Å². The van der Waals surface area contributed by atoms with Crippen LogP contribution in [-0.4, -0.2) is 37.2 Å². The van der Waals surface area contributed by atoms with Crippen LogP contribution in [0.5, 0.6) is 0 Å². The SMILES string of the molecule is CC/C=C\C/C=C\C/C=C\C/C=C\C/C=C\C/C=C\C/C=C\C/C=C\C/C=C\CCCCCCCC(=O)OCC(COC(=O)CCCCCCC/C=C\CCC)OC(=O)CCCCCCCCCCCCC. The number of ether oxygens (including phenoxy) is 3. The van der Waals surface area contributed by atoms with Gasteiger partial charge in [0.25, 0.3) is 0 Å². The van der Waals surface area contributed by atoms with Crippen LogP contribution < -0.4 is 0 Å². The van der Waals surface area contributed by atoms with E-state index in [1.807, 2.05) is 0 Å². The first-order chi connectivity index (χ1) is 35.5. The second kappa shape index (κ2) is 59.4. The number of hydrogen-bond donors (Lipinski definition) is 0. The normalized spacial score (nSPS) is 13.0. The lowest BCUT2D eigenvalue weighted by molar-refractivity contribution is -0.167. The van der Waals surface area contributed by atoms with Crippen molar-refractivity contribution in [2.24, 2.45) is 0 Å². The highest BCUT2D eigenvalue weighted by Crippen LogP contribution is 2.14. The predicted molar refractivity (Wildman–Crippen MR) is 311 cm³/mol. The van der Waals surface area contributed by atoms with Crippen LogP contribution in [0.4, 0.5) is 0 Å². The van der Waals surface area contributed by atoms with Gasteiger partial charge in [-0.25, -0.2) is 0 Å². The molecular formula is C66H108O6. The lowest BCUT2D eigenvalue weighted by Crippen LogP contribution is -2.30. The zero-order valence-corrected chi connectivity index (χ0v) is 46.7. The van der Waals surface area contributed by atoms with Crippen LogP contribution in [0, 0.1) is 0 Å². The fourth-order valence-electron chi connectivity index (χ4n) is 7.79. The second-order valence-electron chi connectivity index (χ2n) is 19.2. The maximum Gasteiger partial charge on any atom is 0.306 e. The van der Waals surface area contributed by atoms with Crippen molar-refractivity contribution in [1.82, 2.24) is 0 Å². The molecule has 0 heterocycles. The van der Waals surface area contributed by atoms with E-state index in [4.69, 9.17) is 14.2 Å². The van der Waals surface area contributed by atoms with Gasteiger partial charge in [-0.05, 0) is 109 Å². The summed E-state index contributed by atoms with van der Waals surface area (Å²) in [5.41, 5.74) is 0. The van der Waals surface area contributed by atoms with Crippen molar-refractivity contribution in [2.45, 2.75) is 264 Å². The van der Waals surface area contributed by atoms with Gasteiger partial charge in [0.15, 0.2) is 6.10 Å². The molecule has 0 aliphatic heterocycles. The van der Waals surface area contributed by atoms with Crippen molar-refractivity contribution >= 4 is 17.9 Å². The van der Waals surface area contributed by atoms with Crippen molar-refractivity contribution in [1.29, 1.82) is 0 Å². The molecule has 0 radical (unpaired) electrons. The van der Waals surface area contributed by atoms with Crippen molar-refractivity contribution in [3.63, 3.8) is 0 Å². The Balaban J connectivity index is 4.21. The Bertz CT molecular complexity index is 1520. The Labute approximate surface area is 443 Å². The van der Waals surface area contributed by atoms with E-state index >= 15 is 0 Å². The molecule has 1 atom stereocenters. The predicted octanol–water partition coefficient (Wildman–Crippen LogP) is 20.0.